The van der Waals surface area contributed by atoms with Gasteiger partial charge in [0, 0.05) is 13.0 Å². The Labute approximate surface area is 140 Å². The average Bonchev–Trinajstić information content (AvgIpc) is 2.44. The van der Waals surface area contributed by atoms with E-state index in [-0.39, 0.29) is 11.6 Å². The molecular formula is C18H30O4Si. The van der Waals surface area contributed by atoms with Crippen LogP contribution in [0.1, 0.15) is 39.2 Å². The fourth-order valence-electron chi connectivity index (χ4n) is 2.33. The lowest BCUT2D eigenvalue weighted by atomic mass is 9.90. The summed E-state index contributed by atoms with van der Waals surface area (Å²) < 4.78 is 6.39. The van der Waals surface area contributed by atoms with Gasteiger partial charge in [-0.2, -0.15) is 0 Å². The van der Waals surface area contributed by atoms with E-state index in [1.165, 1.54) is 0 Å². The molecule has 1 unspecified atom stereocenters. The molecule has 0 heterocycles. The zero-order valence-electron chi connectivity index (χ0n) is 14.9. The Morgan fingerprint density at radius 3 is 2.17 bits per heavy atom. The molecule has 0 saturated heterocycles. The molecule has 0 spiro atoms. The van der Waals surface area contributed by atoms with Crippen LogP contribution in [-0.4, -0.2) is 36.7 Å². The first-order valence-corrected chi connectivity index (χ1v) is 11.0. The van der Waals surface area contributed by atoms with E-state index < -0.39 is 19.9 Å². The number of aliphatic hydroxyl groups excluding tert-OH is 1. The molecule has 0 aliphatic rings. The number of carbonyl (C=O) groups is 1. The fourth-order valence-corrected chi connectivity index (χ4v) is 3.88. The number of hydrogen-bond acceptors (Lipinski definition) is 3. The monoisotopic (exact) mass is 338 g/mol. The van der Waals surface area contributed by atoms with E-state index in [2.05, 4.69) is 33.9 Å². The minimum absolute atomic E-state index is 0.0370. The lowest BCUT2D eigenvalue weighted by molar-refractivity contribution is -0.157. The van der Waals surface area contributed by atoms with Crippen LogP contribution in [0.2, 0.25) is 18.1 Å². The zero-order valence-corrected chi connectivity index (χ0v) is 15.9. The molecule has 0 aromatic heterocycles. The first kappa shape index (κ1) is 19.9. The van der Waals surface area contributed by atoms with E-state index in [0.29, 0.717) is 19.3 Å². The highest BCUT2D eigenvalue weighted by molar-refractivity contribution is 6.74. The van der Waals surface area contributed by atoms with Gasteiger partial charge in [-0.1, -0.05) is 51.1 Å². The molecule has 130 valence electrons. The third kappa shape index (κ3) is 5.16. The maximum atomic E-state index is 12.2. The van der Waals surface area contributed by atoms with Crippen molar-refractivity contribution in [1.29, 1.82) is 0 Å². The summed E-state index contributed by atoms with van der Waals surface area (Å²) in [5.41, 5.74) is -0.348. The predicted octanol–water partition coefficient (Wildman–Crippen LogP) is 3.85. The highest BCUT2D eigenvalue weighted by Gasteiger charge is 2.48. The van der Waals surface area contributed by atoms with Crippen molar-refractivity contribution in [2.24, 2.45) is 0 Å². The van der Waals surface area contributed by atoms with Crippen LogP contribution in [0.15, 0.2) is 30.3 Å². The molecule has 0 aliphatic heterocycles. The van der Waals surface area contributed by atoms with Gasteiger partial charge in [0.05, 0.1) is 0 Å². The third-order valence-corrected chi connectivity index (χ3v) is 9.23. The summed E-state index contributed by atoms with van der Waals surface area (Å²) in [6, 6.07) is 9.56. The molecule has 23 heavy (non-hydrogen) atoms. The highest BCUT2D eigenvalue weighted by atomic mass is 28.4. The number of rotatable bonds is 8. The minimum Gasteiger partial charge on any atom is -0.479 e. The largest absolute Gasteiger partial charge is 0.479 e. The van der Waals surface area contributed by atoms with Gasteiger partial charge >= 0.3 is 5.97 Å². The number of aliphatic carboxylic acids is 1. The van der Waals surface area contributed by atoms with Crippen LogP contribution in [0.3, 0.4) is 0 Å². The Morgan fingerprint density at radius 1 is 1.17 bits per heavy atom. The maximum absolute atomic E-state index is 12.2. The Balaban J connectivity index is 3.20. The molecule has 0 radical (unpaired) electrons. The number of benzene rings is 1. The number of hydrogen-bond donors (Lipinski definition) is 2. The molecule has 1 aromatic carbocycles. The number of carboxylic acid groups (broad SMARTS) is 1. The molecule has 0 aliphatic carbocycles. The van der Waals surface area contributed by atoms with Crippen molar-refractivity contribution in [1.82, 2.24) is 0 Å². The lowest BCUT2D eigenvalue weighted by Crippen LogP contribution is -2.55. The Kier molecular flexibility index (Phi) is 6.56. The Bertz CT molecular complexity index is 508. The zero-order chi connectivity index (χ0) is 17.7. The SMILES string of the molecule is CC(C)(C)[Si](C)(C)OC(CCCO)(Cc1ccccc1)C(=O)O. The summed E-state index contributed by atoms with van der Waals surface area (Å²) in [6.45, 7) is 10.4. The summed E-state index contributed by atoms with van der Waals surface area (Å²) in [5.74, 6) is -0.945. The van der Waals surface area contributed by atoms with Crippen molar-refractivity contribution in [2.45, 2.75) is 63.8 Å². The van der Waals surface area contributed by atoms with Gasteiger partial charge in [0.15, 0.2) is 13.9 Å². The van der Waals surface area contributed by atoms with Gasteiger partial charge in [0.2, 0.25) is 0 Å². The highest BCUT2D eigenvalue weighted by Crippen LogP contribution is 2.41. The van der Waals surface area contributed by atoms with Crippen LogP contribution < -0.4 is 0 Å². The van der Waals surface area contributed by atoms with Gasteiger partial charge in [0.1, 0.15) is 0 Å². The van der Waals surface area contributed by atoms with Gasteiger partial charge in [-0.15, -0.1) is 0 Å². The smallest absolute Gasteiger partial charge is 0.335 e. The van der Waals surface area contributed by atoms with Crippen molar-refractivity contribution < 1.29 is 19.4 Å². The van der Waals surface area contributed by atoms with E-state index in [0.717, 1.165) is 5.56 Å². The number of aliphatic hydroxyl groups is 1. The van der Waals surface area contributed by atoms with Crippen LogP contribution >= 0.6 is 0 Å². The Morgan fingerprint density at radius 2 is 1.74 bits per heavy atom. The van der Waals surface area contributed by atoms with Crippen molar-refractivity contribution in [3.63, 3.8) is 0 Å². The van der Waals surface area contributed by atoms with Crippen molar-refractivity contribution in [3.8, 4) is 0 Å². The van der Waals surface area contributed by atoms with Crippen molar-refractivity contribution >= 4 is 14.3 Å². The quantitative estimate of drug-likeness (QED) is 0.707. The van der Waals surface area contributed by atoms with E-state index in [1.807, 2.05) is 30.3 Å². The van der Waals surface area contributed by atoms with Gasteiger partial charge in [-0.05, 0) is 36.5 Å². The summed E-state index contributed by atoms with van der Waals surface area (Å²) in [5, 5.41) is 19.1. The van der Waals surface area contributed by atoms with E-state index >= 15 is 0 Å². The van der Waals surface area contributed by atoms with Crippen LogP contribution in [0, 0.1) is 0 Å². The van der Waals surface area contributed by atoms with Crippen LogP contribution in [0.25, 0.3) is 0 Å². The number of carboxylic acids is 1. The second-order valence-corrected chi connectivity index (χ2v) is 12.4. The van der Waals surface area contributed by atoms with E-state index in [1.54, 1.807) is 0 Å². The molecule has 1 rings (SSSR count). The summed E-state index contributed by atoms with van der Waals surface area (Å²) >= 11 is 0. The van der Waals surface area contributed by atoms with E-state index in [9.17, 15) is 15.0 Å². The molecule has 0 saturated carbocycles. The summed E-state index contributed by atoms with van der Waals surface area (Å²) in [7, 11) is -2.27. The minimum atomic E-state index is -2.27. The van der Waals surface area contributed by atoms with Crippen LogP contribution in [0.5, 0.6) is 0 Å². The first-order valence-electron chi connectivity index (χ1n) is 8.12. The van der Waals surface area contributed by atoms with Crippen LogP contribution in [0.4, 0.5) is 0 Å². The molecule has 5 heteroatoms. The second kappa shape index (κ2) is 7.60. The van der Waals surface area contributed by atoms with Crippen molar-refractivity contribution in [3.05, 3.63) is 35.9 Å². The standard InChI is InChI=1S/C18H30O4Si/c1-17(2,3)23(4,5)22-18(16(20)21,12-9-13-19)14-15-10-7-6-8-11-15/h6-8,10-11,19H,9,12-14H2,1-5H3,(H,20,21). The molecule has 0 bridgehead atoms. The average molecular weight is 339 g/mol. The molecular weight excluding hydrogens is 308 g/mol. The van der Waals surface area contributed by atoms with Crippen LogP contribution in [-0.2, 0) is 15.6 Å². The van der Waals surface area contributed by atoms with Gasteiger partial charge in [0.25, 0.3) is 0 Å². The van der Waals surface area contributed by atoms with E-state index in [4.69, 9.17) is 4.43 Å². The fraction of sp³-hybridized carbons (Fsp3) is 0.611. The second-order valence-electron chi connectivity index (χ2n) is 7.65. The Hall–Kier alpha value is -1.17. The lowest BCUT2D eigenvalue weighted by Gasteiger charge is -2.44. The molecule has 1 aromatic rings. The molecule has 1 atom stereocenters. The first-order chi connectivity index (χ1) is 10.5. The molecule has 2 N–H and O–H groups in total. The van der Waals surface area contributed by atoms with Gasteiger partial charge < -0.3 is 14.6 Å². The maximum Gasteiger partial charge on any atom is 0.335 e. The van der Waals surface area contributed by atoms with Crippen molar-refractivity contribution in [2.75, 3.05) is 6.61 Å². The molecule has 4 nitrogen and oxygen atoms in total. The van der Waals surface area contributed by atoms with Gasteiger partial charge in [-0.3, -0.25) is 0 Å². The summed E-state index contributed by atoms with van der Waals surface area (Å²) in [4.78, 5) is 12.2. The third-order valence-electron chi connectivity index (χ3n) is 4.72. The predicted molar refractivity (Wildman–Crippen MR) is 95.1 cm³/mol. The summed E-state index contributed by atoms with van der Waals surface area (Å²) in [6.07, 6.45) is 1.03. The molecule has 0 fully saturated rings. The topological polar surface area (TPSA) is 66.8 Å². The normalized spacial score (nSPS) is 15.2. The van der Waals surface area contributed by atoms with Gasteiger partial charge in [-0.25, -0.2) is 4.79 Å². The molecule has 0 amide bonds.